The van der Waals surface area contributed by atoms with E-state index in [0.29, 0.717) is 13.2 Å². The van der Waals surface area contributed by atoms with Crippen LogP contribution in [0.15, 0.2) is 47.7 Å². The molecule has 6 heteroatoms. The van der Waals surface area contributed by atoms with E-state index in [-0.39, 0.29) is 0 Å². The van der Waals surface area contributed by atoms with E-state index < -0.39 is 0 Å². The number of methoxy groups -OCH3 is 1. The van der Waals surface area contributed by atoms with Crippen molar-refractivity contribution < 1.29 is 9.47 Å². The van der Waals surface area contributed by atoms with Gasteiger partial charge in [-0.3, -0.25) is 4.99 Å². The molecule has 2 aromatic rings. The number of nitrogens with one attached hydrogen (secondary N) is 2. The molecule has 0 bridgehead atoms. The predicted molar refractivity (Wildman–Crippen MR) is 101 cm³/mol. The van der Waals surface area contributed by atoms with Crippen LogP contribution in [-0.2, 0) is 13.1 Å². The molecule has 0 unspecified atom stereocenters. The Morgan fingerprint density at radius 1 is 1.16 bits per heavy atom. The Hall–Kier alpha value is -2.63. The van der Waals surface area contributed by atoms with E-state index in [0.717, 1.165) is 42.5 Å². The van der Waals surface area contributed by atoms with Gasteiger partial charge in [0, 0.05) is 39.1 Å². The minimum atomic E-state index is 0.660. The molecule has 6 nitrogen and oxygen atoms in total. The number of nitrogens with zero attached hydrogens (tertiary/aromatic N) is 2. The maximum Gasteiger partial charge on any atom is 0.191 e. The number of ether oxygens (including phenoxy) is 2. The standard InChI is InChI=1S/C19H28N4O2/c1-4-13-25-17-8-7-16(14-18(17)24-3)15-22-19(20-2)21-9-12-23-10-5-6-11-23/h5-8,10-11,14H,4,9,12-13,15H2,1-3H3,(H2,20,21,22). The summed E-state index contributed by atoms with van der Waals surface area (Å²) in [5.74, 6) is 2.31. The van der Waals surface area contributed by atoms with Crippen LogP contribution < -0.4 is 20.1 Å². The fourth-order valence-corrected chi connectivity index (χ4v) is 2.38. The van der Waals surface area contributed by atoms with Gasteiger partial charge in [0.05, 0.1) is 13.7 Å². The number of aliphatic imine (C=N–C) groups is 1. The molecule has 1 heterocycles. The van der Waals surface area contributed by atoms with Crippen molar-refractivity contribution in [1.29, 1.82) is 0 Å². The van der Waals surface area contributed by atoms with Crippen LogP contribution in [0.2, 0.25) is 0 Å². The first kappa shape index (κ1) is 18.7. The van der Waals surface area contributed by atoms with Gasteiger partial charge in [-0.2, -0.15) is 0 Å². The van der Waals surface area contributed by atoms with Crippen molar-refractivity contribution in [3.05, 3.63) is 48.3 Å². The highest BCUT2D eigenvalue weighted by Gasteiger charge is 2.06. The van der Waals surface area contributed by atoms with Crippen LogP contribution in [0.5, 0.6) is 11.5 Å². The number of hydrogen-bond acceptors (Lipinski definition) is 3. The lowest BCUT2D eigenvalue weighted by Crippen LogP contribution is -2.38. The SMILES string of the molecule is CCCOc1ccc(CNC(=NC)NCCn2cccc2)cc1OC. The molecule has 0 aliphatic heterocycles. The first-order valence-corrected chi connectivity index (χ1v) is 8.61. The molecule has 0 saturated carbocycles. The third kappa shape index (κ3) is 6.06. The molecular formula is C19H28N4O2. The zero-order valence-electron chi connectivity index (χ0n) is 15.3. The highest BCUT2D eigenvalue weighted by Crippen LogP contribution is 2.28. The average Bonchev–Trinajstić information content (AvgIpc) is 3.16. The van der Waals surface area contributed by atoms with E-state index in [4.69, 9.17) is 9.47 Å². The maximum absolute atomic E-state index is 5.68. The van der Waals surface area contributed by atoms with Gasteiger partial charge in [-0.1, -0.05) is 13.0 Å². The highest BCUT2D eigenvalue weighted by molar-refractivity contribution is 5.79. The topological polar surface area (TPSA) is 59.8 Å². The van der Waals surface area contributed by atoms with E-state index in [2.05, 4.69) is 27.1 Å². The van der Waals surface area contributed by atoms with Crippen molar-refractivity contribution in [1.82, 2.24) is 15.2 Å². The Bertz CT molecular complexity index is 653. The summed E-state index contributed by atoms with van der Waals surface area (Å²) in [5.41, 5.74) is 1.11. The van der Waals surface area contributed by atoms with Gasteiger partial charge in [0.25, 0.3) is 0 Å². The van der Waals surface area contributed by atoms with Gasteiger partial charge in [-0.05, 0) is 36.2 Å². The van der Waals surface area contributed by atoms with E-state index >= 15 is 0 Å². The Morgan fingerprint density at radius 3 is 2.64 bits per heavy atom. The van der Waals surface area contributed by atoms with E-state index in [1.807, 2.05) is 42.7 Å². The number of aromatic nitrogens is 1. The van der Waals surface area contributed by atoms with Crippen LogP contribution in [0, 0.1) is 0 Å². The molecule has 0 saturated heterocycles. The van der Waals surface area contributed by atoms with Crippen LogP contribution in [0.25, 0.3) is 0 Å². The zero-order chi connectivity index (χ0) is 17.9. The summed E-state index contributed by atoms with van der Waals surface area (Å²) in [7, 11) is 3.43. The van der Waals surface area contributed by atoms with Gasteiger partial charge in [0.2, 0.25) is 0 Å². The fraction of sp³-hybridized carbons (Fsp3) is 0.421. The third-order valence-electron chi connectivity index (χ3n) is 3.70. The van der Waals surface area contributed by atoms with Gasteiger partial charge in [0.1, 0.15) is 0 Å². The fourth-order valence-electron chi connectivity index (χ4n) is 2.38. The molecule has 25 heavy (non-hydrogen) atoms. The molecule has 0 radical (unpaired) electrons. The van der Waals surface area contributed by atoms with Gasteiger partial charge in [0.15, 0.2) is 17.5 Å². The molecule has 0 spiro atoms. The van der Waals surface area contributed by atoms with Crippen molar-refractivity contribution in [3.63, 3.8) is 0 Å². The van der Waals surface area contributed by atoms with Crippen molar-refractivity contribution in [2.45, 2.75) is 26.4 Å². The summed E-state index contributed by atoms with van der Waals surface area (Å²) in [4.78, 5) is 4.25. The summed E-state index contributed by atoms with van der Waals surface area (Å²) in [6.07, 6.45) is 5.07. The molecule has 136 valence electrons. The highest BCUT2D eigenvalue weighted by atomic mass is 16.5. The largest absolute Gasteiger partial charge is 0.493 e. The number of rotatable bonds is 9. The smallest absolute Gasteiger partial charge is 0.191 e. The van der Waals surface area contributed by atoms with Crippen molar-refractivity contribution in [2.24, 2.45) is 4.99 Å². The molecule has 2 N–H and O–H groups in total. The van der Waals surface area contributed by atoms with Crippen LogP contribution in [0.3, 0.4) is 0 Å². The second-order valence-electron chi connectivity index (χ2n) is 5.61. The molecule has 1 aromatic carbocycles. The number of hydrogen-bond donors (Lipinski definition) is 2. The number of benzene rings is 1. The van der Waals surface area contributed by atoms with Gasteiger partial charge in [-0.15, -0.1) is 0 Å². The molecule has 0 atom stereocenters. The average molecular weight is 344 g/mol. The Kier molecular flexibility index (Phi) is 7.69. The molecular weight excluding hydrogens is 316 g/mol. The minimum Gasteiger partial charge on any atom is -0.493 e. The molecule has 0 fully saturated rings. The lowest BCUT2D eigenvalue weighted by Gasteiger charge is -2.14. The molecule has 2 rings (SSSR count). The normalized spacial score (nSPS) is 11.2. The first-order valence-electron chi connectivity index (χ1n) is 8.61. The maximum atomic E-state index is 5.68. The van der Waals surface area contributed by atoms with Gasteiger partial charge < -0.3 is 24.7 Å². The summed E-state index contributed by atoms with van der Waals surface area (Å²) in [6.45, 7) is 5.13. The number of guanidine groups is 1. The van der Waals surface area contributed by atoms with Gasteiger partial charge >= 0.3 is 0 Å². The second-order valence-corrected chi connectivity index (χ2v) is 5.61. The van der Waals surface area contributed by atoms with Crippen LogP contribution in [0.4, 0.5) is 0 Å². The predicted octanol–water partition coefficient (Wildman–Crippen LogP) is 2.65. The zero-order valence-corrected chi connectivity index (χ0v) is 15.3. The van der Waals surface area contributed by atoms with E-state index in [1.165, 1.54) is 0 Å². The second kappa shape index (κ2) is 10.3. The van der Waals surface area contributed by atoms with Crippen LogP contribution in [0.1, 0.15) is 18.9 Å². The van der Waals surface area contributed by atoms with Crippen molar-refractivity contribution in [2.75, 3.05) is 27.3 Å². The van der Waals surface area contributed by atoms with E-state index in [1.54, 1.807) is 14.2 Å². The Morgan fingerprint density at radius 2 is 1.96 bits per heavy atom. The monoisotopic (exact) mass is 344 g/mol. The quantitative estimate of drug-likeness (QED) is 0.542. The van der Waals surface area contributed by atoms with E-state index in [9.17, 15) is 0 Å². The molecule has 1 aromatic heterocycles. The first-order chi connectivity index (χ1) is 12.3. The minimum absolute atomic E-state index is 0.660. The lowest BCUT2D eigenvalue weighted by molar-refractivity contribution is 0.294. The molecule has 0 amide bonds. The summed E-state index contributed by atoms with van der Waals surface area (Å²) in [5, 5.41) is 6.62. The Labute approximate surface area is 149 Å². The van der Waals surface area contributed by atoms with Crippen molar-refractivity contribution in [3.8, 4) is 11.5 Å². The van der Waals surface area contributed by atoms with Crippen molar-refractivity contribution >= 4 is 5.96 Å². The van der Waals surface area contributed by atoms with Gasteiger partial charge in [-0.25, -0.2) is 0 Å². The summed E-state index contributed by atoms with van der Waals surface area (Å²) < 4.78 is 13.2. The Balaban J connectivity index is 1.83. The summed E-state index contributed by atoms with van der Waals surface area (Å²) in [6, 6.07) is 10.0. The lowest BCUT2D eigenvalue weighted by atomic mass is 10.2. The molecule has 0 aliphatic rings. The summed E-state index contributed by atoms with van der Waals surface area (Å²) >= 11 is 0. The van der Waals surface area contributed by atoms with Crippen LogP contribution in [-0.4, -0.2) is 37.8 Å². The molecule has 0 aliphatic carbocycles. The third-order valence-corrected chi connectivity index (χ3v) is 3.70. The van der Waals surface area contributed by atoms with Crippen LogP contribution >= 0.6 is 0 Å².